The topological polar surface area (TPSA) is 46.2 Å². The monoisotopic (exact) mass is 1010 g/mol. The van der Waals surface area contributed by atoms with E-state index in [0.29, 0.717) is 17.6 Å². The average Bonchev–Trinajstić information content (AvgIpc) is 3.34. The minimum absolute atomic E-state index is 0.364. The van der Waals surface area contributed by atoms with Gasteiger partial charge in [-0.15, -0.1) is 0 Å². The molecule has 0 aliphatic carbocycles. The van der Waals surface area contributed by atoms with Crippen LogP contribution in [-0.2, 0) is 38.5 Å². The first-order chi connectivity index (χ1) is 35.2. The molecular formula is C71H92ClNO. The molecule has 8 aromatic rings. The van der Waals surface area contributed by atoms with Crippen LogP contribution in [0.2, 0.25) is 5.02 Å². The van der Waals surface area contributed by atoms with Crippen molar-refractivity contribution in [3.05, 3.63) is 238 Å². The number of aryl methyl sites for hydroxylation is 1. The quantitative estimate of drug-likeness (QED) is 0.113. The maximum absolute atomic E-state index is 9.13. The number of anilines is 1. The maximum atomic E-state index is 9.13. The molecule has 74 heavy (non-hydrogen) atoms. The van der Waals surface area contributed by atoms with Gasteiger partial charge in [0.05, 0.1) is 0 Å². The van der Waals surface area contributed by atoms with Gasteiger partial charge >= 0.3 is 0 Å². The van der Waals surface area contributed by atoms with E-state index in [1.54, 1.807) is 6.07 Å². The molecule has 0 saturated carbocycles. The molecule has 3 heteroatoms. The van der Waals surface area contributed by atoms with Crippen LogP contribution in [0.25, 0.3) is 21.9 Å². The summed E-state index contributed by atoms with van der Waals surface area (Å²) in [5.74, 6) is 4.66. The minimum atomic E-state index is 0.364. The molecule has 0 saturated heterocycles. The van der Waals surface area contributed by atoms with Crippen LogP contribution in [0, 0.1) is 42.4 Å². The fourth-order valence-corrected chi connectivity index (χ4v) is 8.53. The fraction of sp³-hybridized carbons (Fsp3) is 0.352. The zero-order valence-electron chi connectivity index (χ0n) is 47.6. The van der Waals surface area contributed by atoms with Crippen LogP contribution >= 0.6 is 11.6 Å². The lowest BCUT2D eigenvalue weighted by Crippen LogP contribution is -1.94. The SMILES string of the molecule is CC(C)Cc1ccc(-c2ccccc2)cc1.CC(C)Cc1ccc(Cl)cc1.CC(C)Cc1ccc2ccccc2c1.CC(C)Cc1cccc(N)c1.CC(C)Cc1cccc(O)c1.Cc1ccc(CC(C)C)cc1. The molecule has 0 heterocycles. The molecule has 2 nitrogen and oxygen atoms in total. The summed E-state index contributed by atoms with van der Waals surface area (Å²) in [4.78, 5) is 0. The second kappa shape index (κ2) is 34.4. The van der Waals surface area contributed by atoms with Crippen molar-refractivity contribution in [1.29, 1.82) is 0 Å². The fourth-order valence-electron chi connectivity index (χ4n) is 8.41. The molecule has 3 N–H and O–H groups in total. The van der Waals surface area contributed by atoms with Gasteiger partial charge in [0.25, 0.3) is 0 Å². The van der Waals surface area contributed by atoms with Crippen LogP contribution in [0.1, 0.15) is 122 Å². The molecule has 0 atom stereocenters. The number of phenols is 1. The van der Waals surface area contributed by atoms with Crippen molar-refractivity contribution < 1.29 is 5.11 Å². The van der Waals surface area contributed by atoms with Crippen molar-refractivity contribution in [3.8, 4) is 16.9 Å². The Morgan fingerprint density at radius 2 is 0.703 bits per heavy atom. The van der Waals surface area contributed by atoms with Crippen molar-refractivity contribution in [1.82, 2.24) is 0 Å². The Morgan fingerprint density at radius 3 is 1.16 bits per heavy atom. The molecule has 0 fully saturated rings. The molecule has 394 valence electrons. The lowest BCUT2D eigenvalue weighted by atomic mass is 9.99. The van der Waals surface area contributed by atoms with E-state index in [0.717, 1.165) is 60.1 Å². The van der Waals surface area contributed by atoms with E-state index >= 15 is 0 Å². The summed E-state index contributed by atoms with van der Waals surface area (Å²) in [6.45, 7) is 28.9. The minimum Gasteiger partial charge on any atom is -0.508 e. The Bertz CT molecular complexity index is 2590. The van der Waals surface area contributed by atoms with Gasteiger partial charge in [-0.1, -0.05) is 258 Å². The molecule has 0 unspecified atom stereocenters. The second-order valence-electron chi connectivity index (χ2n) is 22.4. The highest BCUT2D eigenvalue weighted by Crippen LogP contribution is 2.21. The third-order valence-corrected chi connectivity index (χ3v) is 11.9. The van der Waals surface area contributed by atoms with Crippen molar-refractivity contribution >= 4 is 28.1 Å². The Morgan fingerprint density at radius 1 is 0.338 bits per heavy atom. The zero-order chi connectivity index (χ0) is 54.4. The summed E-state index contributed by atoms with van der Waals surface area (Å²) in [6, 6.07) is 67.1. The molecule has 8 rings (SSSR count). The van der Waals surface area contributed by atoms with Gasteiger partial charge in [0.15, 0.2) is 0 Å². The van der Waals surface area contributed by atoms with Crippen molar-refractivity contribution in [2.45, 2.75) is 129 Å². The van der Waals surface area contributed by atoms with Crippen LogP contribution < -0.4 is 5.73 Å². The Balaban J connectivity index is 0.000000236. The molecule has 0 aliphatic heterocycles. The first kappa shape index (κ1) is 62.2. The molecule has 0 bridgehead atoms. The van der Waals surface area contributed by atoms with Gasteiger partial charge in [-0.05, 0) is 173 Å². The van der Waals surface area contributed by atoms with Gasteiger partial charge in [-0.2, -0.15) is 0 Å². The first-order valence-corrected chi connectivity index (χ1v) is 27.7. The summed E-state index contributed by atoms with van der Waals surface area (Å²) < 4.78 is 0. The third-order valence-electron chi connectivity index (χ3n) is 11.6. The zero-order valence-corrected chi connectivity index (χ0v) is 48.3. The highest BCUT2D eigenvalue weighted by molar-refractivity contribution is 6.30. The molecule has 8 aromatic carbocycles. The normalized spacial score (nSPS) is 10.6. The highest BCUT2D eigenvalue weighted by atomic mass is 35.5. The van der Waals surface area contributed by atoms with E-state index in [4.69, 9.17) is 22.4 Å². The van der Waals surface area contributed by atoms with E-state index in [1.165, 1.54) is 73.7 Å². The van der Waals surface area contributed by atoms with Gasteiger partial charge in [-0.25, -0.2) is 0 Å². The number of hydrogen-bond acceptors (Lipinski definition) is 2. The highest BCUT2D eigenvalue weighted by Gasteiger charge is 2.03. The summed E-state index contributed by atoms with van der Waals surface area (Å²) in [5.41, 5.74) is 18.7. The second-order valence-corrected chi connectivity index (χ2v) is 22.8. The van der Waals surface area contributed by atoms with Crippen LogP contribution in [0.15, 0.2) is 194 Å². The summed E-state index contributed by atoms with van der Waals surface area (Å²) in [5, 5.41) is 12.6. The number of halogens is 1. The molecule has 0 aliphatic rings. The van der Waals surface area contributed by atoms with Gasteiger partial charge in [0.1, 0.15) is 5.75 Å². The van der Waals surface area contributed by atoms with Gasteiger partial charge < -0.3 is 10.8 Å². The molecule has 0 spiro atoms. The summed E-state index contributed by atoms with van der Waals surface area (Å²) >= 11 is 5.75. The van der Waals surface area contributed by atoms with Gasteiger partial charge in [0, 0.05) is 10.7 Å². The van der Waals surface area contributed by atoms with E-state index in [1.807, 2.05) is 48.5 Å². The number of fused-ring (bicyclic) bond motifs is 1. The first-order valence-electron chi connectivity index (χ1n) is 27.3. The van der Waals surface area contributed by atoms with Crippen molar-refractivity contribution in [3.63, 3.8) is 0 Å². The van der Waals surface area contributed by atoms with Gasteiger partial charge in [0.2, 0.25) is 0 Å². The van der Waals surface area contributed by atoms with Crippen LogP contribution in [-0.4, -0.2) is 5.11 Å². The van der Waals surface area contributed by atoms with E-state index in [9.17, 15) is 0 Å². The van der Waals surface area contributed by atoms with Crippen LogP contribution in [0.5, 0.6) is 5.75 Å². The number of aromatic hydroxyl groups is 1. The van der Waals surface area contributed by atoms with Crippen LogP contribution in [0.4, 0.5) is 5.69 Å². The summed E-state index contributed by atoms with van der Waals surface area (Å²) in [6.07, 6.45) is 6.82. The predicted octanol–water partition coefficient (Wildman–Crippen LogP) is 20.4. The molecular weight excluding hydrogens is 918 g/mol. The largest absolute Gasteiger partial charge is 0.508 e. The lowest BCUT2D eigenvalue weighted by Gasteiger charge is -2.06. The number of phenolic OH excluding ortho intramolecular Hbond substituents is 1. The molecule has 0 aromatic heterocycles. The van der Waals surface area contributed by atoms with E-state index in [2.05, 4.69) is 230 Å². The van der Waals surface area contributed by atoms with Crippen molar-refractivity contribution in [2.75, 3.05) is 5.73 Å². The number of nitrogens with two attached hydrogens (primary N) is 1. The number of benzene rings is 8. The van der Waals surface area contributed by atoms with Crippen molar-refractivity contribution in [2.24, 2.45) is 35.5 Å². The van der Waals surface area contributed by atoms with E-state index in [-0.39, 0.29) is 0 Å². The smallest absolute Gasteiger partial charge is 0.115 e. The Kier molecular flexibility index (Phi) is 28.9. The number of hydrogen-bond donors (Lipinski definition) is 2. The Labute approximate surface area is 455 Å². The summed E-state index contributed by atoms with van der Waals surface area (Å²) in [7, 11) is 0. The van der Waals surface area contributed by atoms with Gasteiger partial charge in [-0.3, -0.25) is 0 Å². The van der Waals surface area contributed by atoms with E-state index < -0.39 is 0 Å². The number of nitrogen functional groups attached to an aromatic ring is 1. The molecule has 0 amide bonds. The predicted molar refractivity (Wildman–Crippen MR) is 329 cm³/mol. The Hall–Kier alpha value is -6.09. The molecule has 0 radical (unpaired) electrons. The van der Waals surface area contributed by atoms with Crippen LogP contribution in [0.3, 0.4) is 0 Å². The number of rotatable bonds is 13. The third kappa shape index (κ3) is 27.8. The average molecular weight is 1010 g/mol. The maximum Gasteiger partial charge on any atom is 0.115 e. The standard InChI is InChI=1S/C16H18.C14H16.C11H16.C10H13Cl.C10H15N.C10H14O/c1-13(2)12-14-8-10-16(11-9-14)15-6-4-3-5-7-15;1-11(2)9-12-7-8-13-5-3-4-6-14(13)10-12;1-9(2)8-11-6-4-10(3)5-7-11;1-8(2)7-9-3-5-10(11)6-4-9;2*1-8(2)6-9-4-3-5-10(11)7-9/h3-11,13H,12H2,1-2H3;3-8,10-11H,9H2,1-2H3;4-7,9H,8H2,1-3H3;3-6,8H,7H2,1-2H3;3-5,7-8H,6,11H2,1-2H3;3-5,7-8,11H,6H2,1-2H3. The lowest BCUT2D eigenvalue weighted by molar-refractivity contribution is 0.474.